The van der Waals surface area contributed by atoms with Crippen LogP contribution in [0.3, 0.4) is 0 Å². The molecular weight excluding hydrogens is 582 g/mol. The van der Waals surface area contributed by atoms with E-state index in [4.69, 9.17) is 0 Å². The number of aromatic nitrogens is 6. The van der Waals surface area contributed by atoms with Gasteiger partial charge in [-0.2, -0.15) is 0 Å². The summed E-state index contributed by atoms with van der Waals surface area (Å²) in [6.07, 6.45) is 27.3. The molecule has 0 spiro atoms. The number of hydrogen-bond acceptors (Lipinski definition) is 7. The fourth-order valence-electron chi connectivity index (χ4n) is 6.85. The van der Waals surface area contributed by atoms with Gasteiger partial charge in [-0.3, -0.25) is 29.9 Å². The first-order chi connectivity index (χ1) is 23.3. The molecule has 0 radical (unpaired) electrons. The van der Waals surface area contributed by atoms with Crippen LogP contribution >= 0.6 is 0 Å². The van der Waals surface area contributed by atoms with Crippen LogP contribution in [0.25, 0.3) is 50.2 Å². The molecule has 2 aliphatic heterocycles. The van der Waals surface area contributed by atoms with Gasteiger partial charge in [-0.25, -0.2) is 0 Å². The highest BCUT2D eigenvalue weighted by molar-refractivity contribution is 6.09. The molecule has 9 heteroatoms. The van der Waals surface area contributed by atoms with E-state index in [1.54, 1.807) is 6.20 Å². The predicted octanol–water partition coefficient (Wildman–Crippen LogP) is 7.53. The highest BCUT2D eigenvalue weighted by Crippen LogP contribution is 2.39. The Balaban J connectivity index is 1.40. The first kappa shape index (κ1) is 26.9. The van der Waals surface area contributed by atoms with Crippen molar-refractivity contribution in [1.29, 1.82) is 0 Å². The van der Waals surface area contributed by atoms with Crippen molar-refractivity contribution in [1.82, 2.24) is 29.1 Å². The van der Waals surface area contributed by atoms with Crippen LogP contribution in [0.5, 0.6) is 0 Å². The summed E-state index contributed by atoms with van der Waals surface area (Å²) in [5.41, 5.74) is 13.6. The molecule has 0 N–H and O–H groups in total. The molecule has 6 aromatic heterocycles. The van der Waals surface area contributed by atoms with E-state index >= 15 is 0 Å². The lowest BCUT2D eigenvalue weighted by Crippen LogP contribution is -2.28. The Kier molecular flexibility index (Phi) is 6.23. The van der Waals surface area contributed by atoms with Crippen LogP contribution < -0.4 is 4.90 Å². The highest BCUT2D eigenvalue weighted by Gasteiger charge is 2.24. The maximum Gasteiger partial charge on any atom is 0.0687 e. The van der Waals surface area contributed by atoms with Crippen molar-refractivity contribution in [3.05, 3.63) is 133 Å². The smallest absolute Gasteiger partial charge is 0.0687 e. The first-order valence-electron chi connectivity index (χ1n) is 15.4. The second-order valence-electron chi connectivity index (χ2n) is 11.6. The van der Waals surface area contributed by atoms with E-state index < -0.39 is 0 Å². The third-order valence-electron chi connectivity index (χ3n) is 8.88. The minimum absolute atomic E-state index is 0.0151. The van der Waals surface area contributed by atoms with Gasteiger partial charge in [0.15, 0.2) is 0 Å². The summed E-state index contributed by atoms with van der Waals surface area (Å²) in [5.74, 6) is 0. The average molecular weight is 610 g/mol. The van der Waals surface area contributed by atoms with Crippen LogP contribution in [0.2, 0.25) is 0 Å². The molecule has 9 nitrogen and oxygen atoms in total. The van der Waals surface area contributed by atoms with Crippen molar-refractivity contribution in [2.45, 2.75) is 19.4 Å². The third-order valence-corrected chi connectivity index (χ3v) is 8.88. The lowest BCUT2D eigenvalue weighted by molar-refractivity contribution is 0.855. The molecular formula is C38H27N9. The lowest BCUT2D eigenvalue weighted by Gasteiger charge is -2.32. The molecule has 1 unspecified atom stereocenters. The zero-order chi connectivity index (χ0) is 31.3. The van der Waals surface area contributed by atoms with E-state index in [2.05, 4.69) is 105 Å². The van der Waals surface area contributed by atoms with Gasteiger partial charge in [0, 0.05) is 114 Å². The number of aliphatic imine (C=N–C) groups is 2. The zero-order valence-corrected chi connectivity index (χ0v) is 25.4. The molecule has 2 aliphatic rings. The van der Waals surface area contributed by atoms with Gasteiger partial charge in [0.05, 0.1) is 45.9 Å². The molecule has 0 fully saturated rings. The summed E-state index contributed by atoms with van der Waals surface area (Å²) in [5, 5.41) is 3.12. The van der Waals surface area contributed by atoms with Crippen LogP contribution in [-0.4, -0.2) is 47.5 Å². The topological polar surface area (TPSA) is 89.4 Å². The van der Waals surface area contributed by atoms with Crippen molar-refractivity contribution < 1.29 is 0 Å². The molecule has 8 heterocycles. The molecule has 224 valence electrons. The van der Waals surface area contributed by atoms with Gasteiger partial charge in [0.1, 0.15) is 0 Å². The van der Waals surface area contributed by atoms with Crippen LogP contribution in [0.15, 0.2) is 126 Å². The van der Waals surface area contributed by atoms with Crippen LogP contribution in [-0.2, 0) is 6.42 Å². The second-order valence-corrected chi connectivity index (χ2v) is 11.6. The Labute approximate surface area is 269 Å². The van der Waals surface area contributed by atoms with Gasteiger partial charge in [-0.05, 0) is 61.0 Å². The first-order valence-corrected chi connectivity index (χ1v) is 15.4. The van der Waals surface area contributed by atoms with Crippen molar-refractivity contribution in [2.75, 3.05) is 4.90 Å². The number of anilines is 2. The lowest BCUT2D eigenvalue weighted by atomic mass is 10.1. The number of benzene rings is 1. The Morgan fingerprint density at radius 1 is 0.702 bits per heavy atom. The molecule has 7 aromatic rings. The van der Waals surface area contributed by atoms with Crippen LogP contribution in [0.4, 0.5) is 11.4 Å². The minimum atomic E-state index is -0.0151. The SMILES string of the molecule is CC1/C=C\N=CCc2cnccc2N1c1cc(-n2c3c(c4cnccc42)C=NC=C=C3)cc(-n2c3ccncc3c3cnccc32)c1. The largest absolute Gasteiger partial charge is 0.334 e. The summed E-state index contributed by atoms with van der Waals surface area (Å²) in [7, 11) is 0. The van der Waals surface area contributed by atoms with E-state index in [-0.39, 0.29) is 6.04 Å². The summed E-state index contributed by atoms with van der Waals surface area (Å²) in [6, 6.07) is 15.0. The summed E-state index contributed by atoms with van der Waals surface area (Å²) < 4.78 is 4.58. The summed E-state index contributed by atoms with van der Waals surface area (Å²) in [6.45, 7) is 2.19. The van der Waals surface area contributed by atoms with Gasteiger partial charge in [0.2, 0.25) is 0 Å². The maximum absolute atomic E-state index is 4.53. The fourth-order valence-corrected chi connectivity index (χ4v) is 6.85. The number of pyridine rings is 4. The molecule has 1 aromatic carbocycles. The summed E-state index contributed by atoms with van der Waals surface area (Å²) >= 11 is 0. The molecule has 9 rings (SSSR count). The zero-order valence-electron chi connectivity index (χ0n) is 25.4. The van der Waals surface area contributed by atoms with Crippen molar-refractivity contribution in [2.24, 2.45) is 9.98 Å². The van der Waals surface area contributed by atoms with Crippen molar-refractivity contribution >= 4 is 62.6 Å². The second kappa shape index (κ2) is 10.9. The monoisotopic (exact) mass is 609 g/mol. The van der Waals surface area contributed by atoms with Gasteiger partial charge in [-0.1, -0.05) is 5.73 Å². The normalized spacial score (nSPS) is 16.2. The Bertz CT molecular complexity index is 2470. The van der Waals surface area contributed by atoms with Gasteiger partial charge in [0.25, 0.3) is 0 Å². The number of fused-ring (bicyclic) bond motifs is 7. The third kappa shape index (κ3) is 4.33. The number of rotatable bonds is 3. The predicted molar refractivity (Wildman–Crippen MR) is 188 cm³/mol. The standard InChI is InChI=1S/C38H27N9/c1-25-4-11-39-12-5-26-20-41-13-6-34(26)45(25)27-17-28(46-35-3-2-10-40-21-30(35)31-22-42-14-7-36(31)46)19-29(18-27)47-37-8-15-43-23-32(37)33-24-44-16-9-38(33)47/h3-4,6-25H,5H2,1H3/b11-4-,39-12?. The molecule has 47 heavy (non-hydrogen) atoms. The average Bonchev–Trinajstić information content (AvgIpc) is 3.52. The van der Waals surface area contributed by atoms with E-state index in [0.717, 1.165) is 72.3 Å². The Morgan fingerprint density at radius 2 is 1.34 bits per heavy atom. The Hall–Kier alpha value is -6.44. The molecule has 0 saturated heterocycles. The van der Waals surface area contributed by atoms with E-state index in [9.17, 15) is 0 Å². The molecule has 1 atom stereocenters. The highest BCUT2D eigenvalue weighted by atomic mass is 15.2. The van der Waals surface area contributed by atoms with E-state index in [0.29, 0.717) is 6.42 Å². The quantitative estimate of drug-likeness (QED) is 0.193. The van der Waals surface area contributed by atoms with Crippen LogP contribution in [0.1, 0.15) is 23.7 Å². The van der Waals surface area contributed by atoms with Crippen molar-refractivity contribution in [3.8, 4) is 11.4 Å². The van der Waals surface area contributed by atoms with Crippen molar-refractivity contribution in [3.63, 3.8) is 0 Å². The summed E-state index contributed by atoms with van der Waals surface area (Å²) in [4.78, 5) is 29.2. The number of hydrogen-bond donors (Lipinski definition) is 0. The van der Waals surface area contributed by atoms with Gasteiger partial charge >= 0.3 is 0 Å². The fraction of sp³-hybridized carbons (Fsp3) is 0.0789. The van der Waals surface area contributed by atoms with Gasteiger partial charge < -0.3 is 14.0 Å². The maximum atomic E-state index is 4.53. The molecule has 0 saturated carbocycles. The number of nitrogens with zero attached hydrogens (tertiary/aromatic N) is 9. The molecule has 0 bridgehead atoms. The Morgan fingerprint density at radius 3 is 2.11 bits per heavy atom. The molecule has 0 aliphatic carbocycles. The van der Waals surface area contributed by atoms with Gasteiger partial charge in [-0.15, -0.1) is 0 Å². The molecule has 0 amide bonds. The van der Waals surface area contributed by atoms with Crippen LogP contribution in [0, 0.1) is 0 Å². The van der Waals surface area contributed by atoms with E-state index in [1.807, 2.05) is 74.3 Å². The minimum Gasteiger partial charge on any atom is -0.334 e. The van der Waals surface area contributed by atoms with E-state index in [1.165, 1.54) is 0 Å².